The first-order chi connectivity index (χ1) is 18.4. The molecule has 1 saturated heterocycles. The number of rotatable bonds is 10. The van der Waals surface area contributed by atoms with Gasteiger partial charge in [0.05, 0.1) is 5.02 Å². The third-order valence-corrected chi connectivity index (χ3v) is 6.44. The molecule has 1 aromatic heterocycles. The summed E-state index contributed by atoms with van der Waals surface area (Å²) in [7, 11) is 0. The van der Waals surface area contributed by atoms with E-state index in [0.29, 0.717) is 17.7 Å². The minimum atomic E-state index is -0.544. The molecule has 38 heavy (non-hydrogen) atoms. The fourth-order valence-corrected chi connectivity index (χ4v) is 4.21. The van der Waals surface area contributed by atoms with Gasteiger partial charge in [-0.2, -0.15) is 0 Å². The number of benzene rings is 2. The summed E-state index contributed by atoms with van der Waals surface area (Å²) in [5.74, 6) is -1.67. The lowest BCUT2D eigenvalue weighted by Crippen LogP contribution is -2.33. The smallest absolute Gasteiger partial charge is 0.270 e. The van der Waals surface area contributed by atoms with Gasteiger partial charge < -0.3 is 20.9 Å². The van der Waals surface area contributed by atoms with Crippen LogP contribution >= 0.6 is 11.6 Å². The van der Waals surface area contributed by atoms with Crippen LogP contribution in [0, 0.1) is 5.82 Å². The number of nitrogens with one attached hydrogen (secondary N) is 3. The standard InChI is InChI=1S/C27H28ClFN6O3/c28-21-13-19(5-8-22(21)29)16-32-27(38)24-14-23(33-17-34-24)26(37)31-15-18-3-6-20(7-4-18)25(36)30-9-12-35-10-1-2-11-35/h3-8,13-14,17H,1-2,9-12,15-16H2,(H,30,36)(H,31,37)(H,32,38). The first-order valence-electron chi connectivity index (χ1n) is 12.3. The lowest BCUT2D eigenvalue weighted by Gasteiger charge is -2.14. The molecular weight excluding hydrogens is 511 g/mol. The molecule has 1 fully saturated rings. The Morgan fingerprint density at radius 2 is 1.42 bits per heavy atom. The number of hydrogen-bond acceptors (Lipinski definition) is 6. The van der Waals surface area contributed by atoms with Crippen molar-refractivity contribution in [3.8, 4) is 0 Å². The Bertz CT molecular complexity index is 1300. The van der Waals surface area contributed by atoms with Crippen molar-refractivity contribution in [2.75, 3.05) is 26.2 Å². The van der Waals surface area contributed by atoms with Crippen molar-refractivity contribution in [2.24, 2.45) is 0 Å². The summed E-state index contributed by atoms with van der Waals surface area (Å²) < 4.78 is 13.3. The number of carbonyl (C=O) groups excluding carboxylic acids is 3. The van der Waals surface area contributed by atoms with Crippen molar-refractivity contribution >= 4 is 29.3 Å². The Kier molecular flexibility index (Phi) is 9.34. The molecule has 3 aromatic rings. The monoisotopic (exact) mass is 538 g/mol. The average molecular weight is 539 g/mol. The molecule has 2 heterocycles. The minimum Gasteiger partial charge on any atom is -0.351 e. The fraction of sp³-hybridized carbons (Fsp3) is 0.296. The van der Waals surface area contributed by atoms with Crippen molar-refractivity contribution in [1.82, 2.24) is 30.8 Å². The molecule has 11 heteroatoms. The van der Waals surface area contributed by atoms with Crippen molar-refractivity contribution in [2.45, 2.75) is 25.9 Å². The van der Waals surface area contributed by atoms with Gasteiger partial charge in [-0.25, -0.2) is 14.4 Å². The predicted octanol–water partition coefficient (Wildman–Crippen LogP) is 2.95. The van der Waals surface area contributed by atoms with E-state index in [1.807, 2.05) is 0 Å². The summed E-state index contributed by atoms with van der Waals surface area (Å²) in [5.41, 5.74) is 2.01. The SMILES string of the molecule is O=C(NCCN1CCCC1)c1ccc(CNC(=O)c2cc(C(=O)NCc3ccc(F)c(Cl)c3)ncn2)cc1. The highest BCUT2D eigenvalue weighted by Crippen LogP contribution is 2.16. The number of nitrogens with zero attached hydrogens (tertiary/aromatic N) is 3. The van der Waals surface area contributed by atoms with Gasteiger partial charge in [0, 0.05) is 37.8 Å². The largest absolute Gasteiger partial charge is 0.351 e. The molecule has 4 rings (SSSR count). The number of hydrogen-bond donors (Lipinski definition) is 3. The molecule has 1 aliphatic rings. The zero-order chi connectivity index (χ0) is 26.9. The molecule has 0 aliphatic carbocycles. The van der Waals surface area contributed by atoms with Crippen molar-refractivity contribution in [1.29, 1.82) is 0 Å². The average Bonchev–Trinajstić information content (AvgIpc) is 3.46. The molecule has 0 spiro atoms. The van der Waals surface area contributed by atoms with Gasteiger partial charge in [0.2, 0.25) is 0 Å². The maximum atomic E-state index is 13.3. The van der Waals surface area contributed by atoms with Crippen LogP contribution in [0.15, 0.2) is 54.9 Å². The van der Waals surface area contributed by atoms with E-state index < -0.39 is 17.6 Å². The van der Waals surface area contributed by atoms with Crippen LogP contribution in [0.5, 0.6) is 0 Å². The summed E-state index contributed by atoms with van der Waals surface area (Å²) in [4.78, 5) is 47.6. The number of likely N-dealkylation sites (tertiary alicyclic amines) is 1. The topological polar surface area (TPSA) is 116 Å². The third-order valence-electron chi connectivity index (χ3n) is 6.15. The van der Waals surface area contributed by atoms with Gasteiger partial charge in [0.25, 0.3) is 17.7 Å². The summed E-state index contributed by atoms with van der Waals surface area (Å²) in [6.45, 7) is 3.96. The van der Waals surface area contributed by atoms with Crippen molar-refractivity contribution < 1.29 is 18.8 Å². The van der Waals surface area contributed by atoms with Crippen molar-refractivity contribution in [3.05, 3.63) is 93.8 Å². The van der Waals surface area contributed by atoms with E-state index in [9.17, 15) is 18.8 Å². The van der Waals surface area contributed by atoms with Crippen LogP contribution in [0.25, 0.3) is 0 Å². The quantitative estimate of drug-likeness (QED) is 0.365. The Hall–Kier alpha value is -3.89. The Balaban J connectivity index is 1.24. The Labute approximate surface area is 224 Å². The maximum absolute atomic E-state index is 13.3. The van der Waals surface area contributed by atoms with E-state index in [-0.39, 0.29) is 35.4 Å². The number of aromatic nitrogens is 2. The third kappa shape index (κ3) is 7.56. The van der Waals surface area contributed by atoms with Gasteiger partial charge in [0.15, 0.2) is 0 Å². The molecule has 0 bridgehead atoms. The van der Waals surface area contributed by atoms with Crippen LogP contribution in [-0.4, -0.2) is 58.8 Å². The van der Waals surface area contributed by atoms with E-state index >= 15 is 0 Å². The van der Waals surface area contributed by atoms with Crippen LogP contribution in [-0.2, 0) is 13.1 Å². The van der Waals surface area contributed by atoms with Crippen LogP contribution in [0.4, 0.5) is 4.39 Å². The van der Waals surface area contributed by atoms with Gasteiger partial charge in [0.1, 0.15) is 23.5 Å². The molecule has 0 atom stereocenters. The zero-order valence-electron chi connectivity index (χ0n) is 20.7. The molecule has 0 saturated carbocycles. The predicted molar refractivity (Wildman–Crippen MR) is 140 cm³/mol. The molecule has 2 aromatic carbocycles. The van der Waals surface area contributed by atoms with E-state index in [1.165, 1.54) is 37.1 Å². The molecular formula is C27H28ClFN6O3. The van der Waals surface area contributed by atoms with Gasteiger partial charge in [-0.05, 0) is 61.3 Å². The highest BCUT2D eigenvalue weighted by molar-refractivity contribution is 6.30. The van der Waals surface area contributed by atoms with Crippen LogP contribution in [0.2, 0.25) is 5.02 Å². The van der Waals surface area contributed by atoms with E-state index in [1.54, 1.807) is 24.3 Å². The van der Waals surface area contributed by atoms with Crippen LogP contribution < -0.4 is 16.0 Å². The van der Waals surface area contributed by atoms with E-state index in [0.717, 1.165) is 31.5 Å². The number of carbonyl (C=O) groups is 3. The summed E-state index contributed by atoms with van der Waals surface area (Å²) in [5, 5.41) is 8.30. The van der Waals surface area contributed by atoms with Gasteiger partial charge in [-0.3, -0.25) is 14.4 Å². The fourth-order valence-electron chi connectivity index (χ4n) is 4.01. The highest BCUT2D eigenvalue weighted by atomic mass is 35.5. The zero-order valence-corrected chi connectivity index (χ0v) is 21.4. The van der Waals surface area contributed by atoms with Crippen LogP contribution in [0.3, 0.4) is 0 Å². The second-order valence-corrected chi connectivity index (χ2v) is 9.31. The summed E-state index contributed by atoms with van der Waals surface area (Å²) in [6, 6.07) is 12.4. The minimum absolute atomic E-state index is 0.0125. The van der Waals surface area contributed by atoms with Crippen molar-refractivity contribution in [3.63, 3.8) is 0 Å². The van der Waals surface area contributed by atoms with Gasteiger partial charge in [-0.15, -0.1) is 0 Å². The lowest BCUT2D eigenvalue weighted by molar-refractivity contribution is 0.0934. The molecule has 3 N–H and O–H groups in total. The summed E-state index contributed by atoms with van der Waals surface area (Å²) in [6.07, 6.45) is 3.57. The molecule has 9 nitrogen and oxygen atoms in total. The summed E-state index contributed by atoms with van der Waals surface area (Å²) >= 11 is 5.76. The lowest BCUT2D eigenvalue weighted by atomic mass is 10.1. The molecule has 3 amide bonds. The first kappa shape index (κ1) is 27.2. The van der Waals surface area contributed by atoms with Crippen LogP contribution in [0.1, 0.15) is 55.3 Å². The highest BCUT2D eigenvalue weighted by Gasteiger charge is 2.14. The second kappa shape index (κ2) is 13.1. The Morgan fingerprint density at radius 1 is 0.816 bits per heavy atom. The first-order valence-corrected chi connectivity index (χ1v) is 12.7. The number of halogens is 2. The maximum Gasteiger partial charge on any atom is 0.270 e. The Morgan fingerprint density at radius 3 is 2.05 bits per heavy atom. The van der Waals surface area contributed by atoms with Gasteiger partial charge >= 0.3 is 0 Å². The number of amides is 3. The second-order valence-electron chi connectivity index (χ2n) is 8.90. The molecule has 1 aliphatic heterocycles. The molecule has 198 valence electrons. The normalized spacial score (nSPS) is 13.2. The van der Waals surface area contributed by atoms with Gasteiger partial charge in [-0.1, -0.05) is 29.8 Å². The van der Waals surface area contributed by atoms with E-state index in [2.05, 4.69) is 30.8 Å². The molecule has 0 radical (unpaired) electrons. The molecule has 0 unspecified atom stereocenters. The van der Waals surface area contributed by atoms with E-state index in [4.69, 9.17) is 11.6 Å².